The molecule has 1 saturated carbocycles. The van der Waals surface area contributed by atoms with Crippen LogP contribution in [0.2, 0.25) is 0 Å². The predicted molar refractivity (Wildman–Crippen MR) is 83.8 cm³/mol. The first kappa shape index (κ1) is 15.2. The number of hydrogen-bond acceptors (Lipinski definition) is 3. The van der Waals surface area contributed by atoms with Crippen LogP contribution in [0.15, 0.2) is 23.2 Å². The van der Waals surface area contributed by atoms with Gasteiger partial charge in [-0.1, -0.05) is 19.3 Å². The van der Waals surface area contributed by atoms with Crippen LogP contribution in [0.5, 0.6) is 5.75 Å². The minimum Gasteiger partial charge on any atom is -0.466 e. The van der Waals surface area contributed by atoms with Crippen LogP contribution >= 0.6 is 0 Å². The second-order valence-electron chi connectivity index (χ2n) is 6.73. The van der Waals surface area contributed by atoms with Gasteiger partial charge >= 0.3 is 0 Å². The highest BCUT2D eigenvalue weighted by molar-refractivity contribution is 6.13. The van der Waals surface area contributed by atoms with Crippen molar-refractivity contribution in [3.8, 4) is 5.75 Å². The molecule has 0 atom stereocenters. The summed E-state index contributed by atoms with van der Waals surface area (Å²) in [5.41, 5.74) is 0.553. The molecule has 0 radical (unpaired) electrons. The summed E-state index contributed by atoms with van der Waals surface area (Å²) in [5.74, 6) is 0.637. The number of ketones is 1. The molecule has 118 valence electrons. The third-order valence-electron chi connectivity index (χ3n) is 4.42. The monoisotopic (exact) mass is 303 g/mol. The van der Waals surface area contributed by atoms with Gasteiger partial charge in [0.1, 0.15) is 17.3 Å². The molecule has 3 nitrogen and oxygen atoms in total. The molecule has 0 bridgehead atoms. The number of aliphatic imine (C=N–C) groups is 1. The standard InChI is InChI=1S/C18H22FNO2/c1-18(2)20-15(11-16(21)12-6-4-3-5-7-12)14-10-13(19)8-9-17(14)22-18/h8-10,12H,3-7,11H2,1-2H3. The maximum absolute atomic E-state index is 13.6. The second-order valence-corrected chi connectivity index (χ2v) is 6.73. The first-order chi connectivity index (χ1) is 10.4. The van der Waals surface area contributed by atoms with Gasteiger partial charge < -0.3 is 4.74 Å². The third-order valence-corrected chi connectivity index (χ3v) is 4.42. The molecule has 1 aromatic carbocycles. The van der Waals surface area contributed by atoms with Crippen LogP contribution in [0, 0.1) is 11.7 Å². The lowest BCUT2D eigenvalue weighted by Crippen LogP contribution is -2.33. The zero-order chi connectivity index (χ0) is 15.7. The molecule has 1 heterocycles. The Bertz CT molecular complexity index is 616. The van der Waals surface area contributed by atoms with E-state index < -0.39 is 5.72 Å². The van der Waals surface area contributed by atoms with Gasteiger partial charge in [-0.2, -0.15) is 0 Å². The van der Waals surface area contributed by atoms with E-state index >= 15 is 0 Å². The van der Waals surface area contributed by atoms with Gasteiger partial charge in [0.2, 0.25) is 0 Å². The normalized spacial score (nSPS) is 20.8. The van der Waals surface area contributed by atoms with Crippen molar-refractivity contribution in [2.45, 2.75) is 58.1 Å². The molecule has 3 rings (SSSR count). The molecule has 0 amide bonds. The average molecular weight is 303 g/mol. The highest BCUT2D eigenvalue weighted by Gasteiger charge is 2.31. The molecular weight excluding hydrogens is 281 g/mol. The Kier molecular flexibility index (Phi) is 4.02. The Balaban J connectivity index is 1.86. The SMILES string of the molecule is CC1(C)N=C(CC(=O)C2CCCCC2)c2cc(F)ccc2O1. The van der Waals surface area contributed by atoms with Gasteiger partial charge in [0.05, 0.1) is 5.71 Å². The van der Waals surface area contributed by atoms with Gasteiger partial charge in [-0.05, 0) is 44.9 Å². The summed E-state index contributed by atoms with van der Waals surface area (Å²) in [6.07, 6.45) is 5.70. The summed E-state index contributed by atoms with van der Waals surface area (Å²) >= 11 is 0. The first-order valence-corrected chi connectivity index (χ1v) is 8.05. The summed E-state index contributed by atoms with van der Waals surface area (Å²) in [6.45, 7) is 3.70. The highest BCUT2D eigenvalue weighted by atomic mass is 19.1. The summed E-state index contributed by atoms with van der Waals surface area (Å²) < 4.78 is 19.3. The molecule has 1 aliphatic heterocycles. The minimum atomic E-state index is -0.715. The van der Waals surface area contributed by atoms with Crippen molar-refractivity contribution in [2.75, 3.05) is 0 Å². The molecule has 1 fully saturated rings. The van der Waals surface area contributed by atoms with Crippen molar-refractivity contribution in [1.82, 2.24) is 0 Å². The lowest BCUT2D eigenvalue weighted by Gasteiger charge is -2.30. The number of rotatable bonds is 3. The van der Waals surface area contributed by atoms with Crippen molar-refractivity contribution in [3.63, 3.8) is 0 Å². The smallest absolute Gasteiger partial charge is 0.194 e. The number of Topliss-reactive ketones (excluding diaryl/α,β-unsaturated/α-hetero) is 1. The van der Waals surface area contributed by atoms with Crippen LogP contribution in [0.4, 0.5) is 4.39 Å². The van der Waals surface area contributed by atoms with E-state index in [1.165, 1.54) is 18.6 Å². The summed E-state index contributed by atoms with van der Waals surface area (Å²) in [4.78, 5) is 17.1. The zero-order valence-corrected chi connectivity index (χ0v) is 13.2. The van der Waals surface area contributed by atoms with E-state index in [9.17, 15) is 9.18 Å². The summed E-state index contributed by atoms with van der Waals surface area (Å²) in [5, 5.41) is 0. The van der Waals surface area contributed by atoms with Crippen molar-refractivity contribution in [3.05, 3.63) is 29.6 Å². The molecule has 4 heteroatoms. The Morgan fingerprint density at radius 3 is 2.77 bits per heavy atom. The fourth-order valence-corrected chi connectivity index (χ4v) is 3.36. The molecule has 0 aromatic heterocycles. The molecule has 0 N–H and O–H groups in total. The number of fused-ring (bicyclic) bond motifs is 1. The number of ether oxygens (including phenoxy) is 1. The van der Waals surface area contributed by atoms with Crippen LogP contribution < -0.4 is 4.74 Å². The number of benzene rings is 1. The van der Waals surface area contributed by atoms with E-state index in [1.807, 2.05) is 13.8 Å². The molecule has 2 aliphatic rings. The molecule has 0 saturated heterocycles. The first-order valence-electron chi connectivity index (χ1n) is 8.05. The van der Waals surface area contributed by atoms with Crippen molar-refractivity contribution < 1.29 is 13.9 Å². The molecule has 0 unspecified atom stereocenters. The number of halogens is 1. The topological polar surface area (TPSA) is 38.7 Å². The second kappa shape index (κ2) is 5.82. The molecule has 1 aliphatic carbocycles. The van der Waals surface area contributed by atoms with E-state index in [1.54, 1.807) is 6.07 Å². The largest absolute Gasteiger partial charge is 0.466 e. The van der Waals surface area contributed by atoms with Crippen molar-refractivity contribution >= 4 is 11.5 Å². The number of nitrogens with zero attached hydrogens (tertiary/aromatic N) is 1. The predicted octanol–water partition coefficient (Wildman–Crippen LogP) is 4.28. The van der Waals surface area contributed by atoms with Crippen LogP contribution in [-0.4, -0.2) is 17.2 Å². The van der Waals surface area contributed by atoms with Gasteiger partial charge in [-0.3, -0.25) is 4.79 Å². The Labute approximate surface area is 130 Å². The number of hydrogen-bond donors (Lipinski definition) is 0. The quantitative estimate of drug-likeness (QED) is 0.836. The van der Waals surface area contributed by atoms with E-state index in [-0.39, 0.29) is 23.9 Å². The Hall–Kier alpha value is -1.71. The van der Waals surface area contributed by atoms with Crippen LogP contribution in [0.25, 0.3) is 0 Å². The number of carbonyl (C=O) groups is 1. The van der Waals surface area contributed by atoms with Gasteiger partial charge in [-0.25, -0.2) is 9.38 Å². The maximum atomic E-state index is 13.6. The van der Waals surface area contributed by atoms with Crippen LogP contribution in [0.1, 0.15) is 57.9 Å². The maximum Gasteiger partial charge on any atom is 0.194 e. The Morgan fingerprint density at radius 2 is 2.05 bits per heavy atom. The van der Waals surface area contributed by atoms with Crippen LogP contribution in [0.3, 0.4) is 0 Å². The van der Waals surface area contributed by atoms with Gasteiger partial charge in [0.15, 0.2) is 5.72 Å². The molecule has 0 spiro atoms. The van der Waals surface area contributed by atoms with E-state index in [2.05, 4.69) is 4.99 Å². The van der Waals surface area contributed by atoms with Crippen molar-refractivity contribution in [1.29, 1.82) is 0 Å². The van der Waals surface area contributed by atoms with E-state index in [4.69, 9.17) is 4.74 Å². The lowest BCUT2D eigenvalue weighted by atomic mass is 9.84. The van der Waals surface area contributed by atoms with Gasteiger partial charge in [-0.15, -0.1) is 0 Å². The van der Waals surface area contributed by atoms with Crippen LogP contribution in [-0.2, 0) is 4.79 Å². The van der Waals surface area contributed by atoms with E-state index in [0.717, 1.165) is 25.7 Å². The Morgan fingerprint density at radius 1 is 1.32 bits per heavy atom. The van der Waals surface area contributed by atoms with Crippen molar-refractivity contribution in [2.24, 2.45) is 10.9 Å². The number of carbonyl (C=O) groups excluding carboxylic acids is 1. The summed E-state index contributed by atoms with van der Waals surface area (Å²) in [7, 11) is 0. The fraction of sp³-hybridized carbons (Fsp3) is 0.556. The average Bonchev–Trinajstić information content (AvgIpc) is 2.48. The zero-order valence-electron chi connectivity index (χ0n) is 13.2. The van der Waals surface area contributed by atoms with Gasteiger partial charge in [0.25, 0.3) is 0 Å². The van der Waals surface area contributed by atoms with E-state index in [0.29, 0.717) is 17.0 Å². The third kappa shape index (κ3) is 3.21. The minimum absolute atomic E-state index is 0.138. The molecule has 1 aromatic rings. The molecular formula is C18H22FNO2. The summed E-state index contributed by atoms with van der Waals surface area (Å²) in [6, 6.07) is 4.41. The highest BCUT2D eigenvalue weighted by Crippen LogP contribution is 2.33. The lowest BCUT2D eigenvalue weighted by molar-refractivity contribution is -0.122. The van der Waals surface area contributed by atoms with Gasteiger partial charge in [0, 0.05) is 17.9 Å². The fourth-order valence-electron chi connectivity index (χ4n) is 3.36. The molecule has 22 heavy (non-hydrogen) atoms.